The fourth-order valence-corrected chi connectivity index (χ4v) is 2.34. The van der Waals surface area contributed by atoms with Crippen molar-refractivity contribution in [3.8, 4) is 11.5 Å². The number of methoxy groups -OCH3 is 1. The summed E-state index contributed by atoms with van der Waals surface area (Å²) in [5, 5.41) is 20.6. The zero-order valence-electron chi connectivity index (χ0n) is 12.9. The van der Waals surface area contributed by atoms with E-state index in [0.717, 1.165) is 11.3 Å². The van der Waals surface area contributed by atoms with E-state index in [1.54, 1.807) is 19.2 Å². The molecule has 0 saturated heterocycles. The lowest BCUT2D eigenvalue weighted by atomic mass is 9.95. The molecule has 2 aromatic rings. The Morgan fingerprint density at radius 1 is 1.35 bits per heavy atom. The summed E-state index contributed by atoms with van der Waals surface area (Å²) in [7, 11) is 1.56. The second-order valence-electron chi connectivity index (χ2n) is 5.22. The van der Waals surface area contributed by atoms with Gasteiger partial charge in [0.1, 0.15) is 6.61 Å². The molecule has 0 fully saturated rings. The molecule has 1 unspecified atom stereocenters. The molecule has 8 nitrogen and oxygen atoms in total. The van der Waals surface area contributed by atoms with Gasteiger partial charge in [-0.2, -0.15) is 0 Å². The van der Waals surface area contributed by atoms with E-state index in [-0.39, 0.29) is 13.2 Å². The van der Waals surface area contributed by atoms with Gasteiger partial charge in [-0.1, -0.05) is 5.16 Å². The van der Waals surface area contributed by atoms with Crippen LogP contribution in [0.3, 0.4) is 0 Å². The molecular weight excluding hydrogens is 302 g/mol. The van der Waals surface area contributed by atoms with Crippen LogP contribution < -0.4 is 9.47 Å². The van der Waals surface area contributed by atoms with Crippen molar-refractivity contribution in [3.05, 3.63) is 36.0 Å². The lowest BCUT2D eigenvalue weighted by Crippen LogP contribution is -2.22. The molecule has 1 aromatic heterocycles. The summed E-state index contributed by atoms with van der Waals surface area (Å²) >= 11 is 0. The number of ether oxygens (including phenoxy) is 2. The van der Waals surface area contributed by atoms with Crippen LogP contribution in [0.1, 0.15) is 24.8 Å². The third-order valence-electron chi connectivity index (χ3n) is 3.52. The molecule has 1 aromatic carbocycles. The second-order valence-corrected chi connectivity index (χ2v) is 5.22. The quantitative estimate of drug-likeness (QED) is 0.861. The second kappa shape index (κ2) is 6.25. The van der Waals surface area contributed by atoms with Gasteiger partial charge in [-0.3, -0.25) is 0 Å². The summed E-state index contributed by atoms with van der Waals surface area (Å²) in [5.74, 6) is 1.50. The summed E-state index contributed by atoms with van der Waals surface area (Å²) in [5.41, 5.74) is 0.793. The van der Waals surface area contributed by atoms with E-state index in [4.69, 9.17) is 23.8 Å². The predicted molar refractivity (Wildman–Crippen MR) is 79.5 cm³/mol. The van der Waals surface area contributed by atoms with Crippen molar-refractivity contribution in [2.75, 3.05) is 20.3 Å². The Kier molecular flexibility index (Phi) is 4.16. The fourth-order valence-electron chi connectivity index (χ4n) is 2.34. The number of nitrogens with zero attached hydrogens (tertiary/aromatic N) is 3. The van der Waals surface area contributed by atoms with E-state index in [0.29, 0.717) is 23.8 Å². The van der Waals surface area contributed by atoms with Gasteiger partial charge in [0, 0.05) is 12.0 Å². The summed E-state index contributed by atoms with van der Waals surface area (Å²) in [6, 6.07) is 5.45. The van der Waals surface area contributed by atoms with Gasteiger partial charge in [-0.15, -0.1) is 10.2 Å². The first kappa shape index (κ1) is 15.3. The van der Waals surface area contributed by atoms with Gasteiger partial charge >= 0.3 is 0 Å². The molecule has 0 spiro atoms. The minimum absolute atomic E-state index is 0.0767. The van der Waals surface area contributed by atoms with Gasteiger partial charge in [-0.05, 0) is 25.1 Å². The molecule has 0 bridgehead atoms. The van der Waals surface area contributed by atoms with Gasteiger partial charge in [0.25, 0.3) is 5.89 Å². The van der Waals surface area contributed by atoms with Crippen molar-refractivity contribution in [3.63, 3.8) is 0 Å². The molecular formula is C15H17N3O5. The molecule has 0 aliphatic carbocycles. The number of benzene rings is 1. The highest BCUT2D eigenvalue weighted by atomic mass is 16.7. The average molecular weight is 319 g/mol. The van der Waals surface area contributed by atoms with Gasteiger partial charge in [0.05, 0.1) is 19.4 Å². The lowest BCUT2D eigenvalue weighted by molar-refractivity contribution is -0.0279. The molecule has 1 aliphatic rings. The molecule has 3 rings (SSSR count). The largest absolute Gasteiger partial charge is 0.493 e. The molecule has 1 N–H and O–H groups in total. The van der Waals surface area contributed by atoms with Crippen LogP contribution in [0, 0.1) is 0 Å². The topological polar surface area (TPSA) is 99.2 Å². The molecule has 1 aliphatic heterocycles. The maximum absolute atomic E-state index is 8.91. The highest BCUT2D eigenvalue weighted by Gasteiger charge is 2.41. The summed E-state index contributed by atoms with van der Waals surface area (Å²) in [4.78, 5) is 5.51. The molecule has 0 radical (unpaired) electrons. The summed E-state index contributed by atoms with van der Waals surface area (Å²) in [6.07, 6.45) is 1.75. The van der Waals surface area contributed by atoms with Gasteiger partial charge < -0.3 is 23.8 Å². The van der Waals surface area contributed by atoms with Gasteiger partial charge in [0.2, 0.25) is 12.0 Å². The van der Waals surface area contributed by atoms with Crippen LogP contribution in [0.4, 0.5) is 0 Å². The van der Waals surface area contributed by atoms with Gasteiger partial charge in [0.15, 0.2) is 11.5 Å². The van der Waals surface area contributed by atoms with Crippen LogP contribution in [0.5, 0.6) is 11.5 Å². The SMILES string of the molecule is COc1ccc(C2=NOC(C)(c3nnco3)C2)cc1OCCO. The first-order valence-corrected chi connectivity index (χ1v) is 7.10. The number of aliphatic hydroxyl groups excluding tert-OH is 1. The number of rotatable bonds is 6. The summed E-state index contributed by atoms with van der Waals surface area (Å²) in [6.45, 7) is 1.94. The minimum atomic E-state index is -0.780. The lowest BCUT2D eigenvalue weighted by Gasteiger charge is -2.16. The van der Waals surface area contributed by atoms with Crippen molar-refractivity contribution in [1.29, 1.82) is 0 Å². The van der Waals surface area contributed by atoms with Crippen LogP contribution in [-0.2, 0) is 10.4 Å². The third-order valence-corrected chi connectivity index (χ3v) is 3.52. The van der Waals surface area contributed by atoms with Crippen molar-refractivity contribution in [2.24, 2.45) is 5.16 Å². The number of aliphatic hydroxyl groups is 1. The van der Waals surface area contributed by atoms with E-state index in [9.17, 15) is 0 Å². The van der Waals surface area contributed by atoms with Crippen LogP contribution in [0.15, 0.2) is 34.2 Å². The van der Waals surface area contributed by atoms with Gasteiger partial charge in [-0.25, -0.2) is 0 Å². The standard InChI is InChI=1S/C15H17N3O5/c1-15(14-17-16-9-22-14)8-11(18-23-15)10-3-4-12(20-2)13(7-10)21-6-5-19/h3-4,7,9,19H,5-6,8H2,1-2H3. The van der Waals surface area contributed by atoms with E-state index in [1.807, 2.05) is 13.0 Å². The van der Waals surface area contributed by atoms with Crippen molar-refractivity contribution >= 4 is 5.71 Å². The highest BCUT2D eigenvalue weighted by molar-refractivity contribution is 6.02. The Balaban J connectivity index is 1.82. The van der Waals surface area contributed by atoms with Crippen molar-refractivity contribution in [2.45, 2.75) is 18.9 Å². The minimum Gasteiger partial charge on any atom is -0.493 e. The smallest absolute Gasteiger partial charge is 0.262 e. The zero-order valence-corrected chi connectivity index (χ0v) is 12.9. The number of aromatic nitrogens is 2. The maximum Gasteiger partial charge on any atom is 0.262 e. The van der Waals surface area contributed by atoms with E-state index in [1.165, 1.54) is 6.39 Å². The first-order valence-electron chi connectivity index (χ1n) is 7.10. The fraction of sp³-hybridized carbons (Fsp3) is 0.400. The van der Waals surface area contributed by atoms with Crippen molar-refractivity contribution < 1.29 is 23.8 Å². The Hall–Kier alpha value is -2.61. The number of oxime groups is 1. The Bertz CT molecular complexity index is 701. The third kappa shape index (κ3) is 2.98. The molecule has 122 valence electrons. The maximum atomic E-state index is 8.91. The Labute approximate surface area is 132 Å². The molecule has 1 atom stereocenters. The average Bonchev–Trinajstić information content (AvgIpc) is 3.23. The Morgan fingerprint density at radius 3 is 2.91 bits per heavy atom. The first-order chi connectivity index (χ1) is 11.2. The molecule has 2 heterocycles. The normalized spacial score (nSPS) is 20.0. The Morgan fingerprint density at radius 2 is 2.22 bits per heavy atom. The van der Waals surface area contributed by atoms with Crippen LogP contribution in [0.2, 0.25) is 0 Å². The van der Waals surface area contributed by atoms with Crippen LogP contribution in [0.25, 0.3) is 0 Å². The van der Waals surface area contributed by atoms with E-state index in [2.05, 4.69) is 15.4 Å². The number of hydrogen-bond donors (Lipinski definition) is 1. The van der Waals surface area contributed by atoms with Crippen LogP contribution in [-0.4, -0.2) is 41.3 Å². The summed E-state index contributed by atoms with van der Waals surface area (Å²) < 4.78 is 16.0. The monoisotopic (exact) mass is 319 g/mol. The van der Waals surface area contributed by atoms with E-state index < -0.39 is 5.60 Å². The molecule has 8 heteroatoms. The predicted octanol–water partition coefficient (Wildman–Crippen LogP) is 1.49. The van der Waals surface area contributed by atoms with Crippen molar-refractivity contribution in [1.82, 2.24) is 10.2 Å². The van der Waals surface area contributed by atoms with Crippen LogP contribution >= 0.6 is 0 Å². The highest BCUT2D eigenvalue weighted by Crippen LogP contribution is 2.36. The molecule has 0 amide bonds. The molecule has 0 saturated carbocycles. The van der Waals surface area contributed by atoms with E-state index >= 15 is 0 Å². The molecule has 23 heavy (non-hydrogen) atoms. The zero-order chi connectivity index (χ0) is 16.3. The number of hydrogen-bond acceptors (Lipinski definition) is 8.